The molecule has 1 aliphatic rings. The lowest BCUT2D eigenvalue weighted by molar-refractivity contribution is 0.107. The third-order valence-electron chi connectivity index (χ3n) is 2.59. The summed E-state index contributed by atoms with van der Waals surface area (Å²) >= 11 is 3.17. The van der Waals surface area contributed by atoms with Crippen molar-refractivity contribution in [1.29, 1.82) is 0 Å². The second kappa shape index (κ2) is 5.59. The number of hydrogen-bond acceptors (Lipinski definition) is 3. The van der Waals surface area contributed by atoms with Crippen LogP contribution < -0.4 is 5.32 Å². The van der Waals surface area contributed by atoms with Crippen molar-refractivity contribution in [3.8, 4) is 0 Å². The van der Waals surface area contributed by atoms with Crippen LogP contribution >= 0.6 is 15.9 Å². The summed E-state index contributed by atoms with van der Waals surface area (Å²) in [6, 6.07) is 1.40. The van der Waals surface area contributed by atoms with Crippen LogP contribution in [-0.2, 0) is 4.74 Å². The molecule has 1 aromatic rings. The smallest absolute Gasteiger partial charge is 0.166 e. The molecule has 0 radical (unpaired) electrons. The van der Waals surface area contributed by atoms with Crippen LogP contribution in [0.3, 0.4) is 0 Å². The Hall–Kier alpha value is -0.680. The fourth-order valence-corrected chi connectivity index (χ4v) is 2.07. The summed E-state index contributed by atoms with van der Waals surface area (Å²) in [5.74, 6) is -0.0251. The minimum absolute atomic E-state index is 0.307. The zero-order valence-electron chi connectivity index (χ0n) is 8.88. The van der Waals surface area contributed by atoms with Crippen LogP contribution in [-0.4, -0.2) is 24.2 Å². The molecule has 2 rings (SSSR count). The molecule has 1 saturated heterocycles. The molecule has 0 aliphatic carbocycles. The van der Waals surface area contributed by atoms with Crippen LogP contribution in [0, 0.1) is 5.82 Å². The topological polar surface area (TPSA) is 34.2 Å². The van der Waals surface area contributed by atoms with E-state index in [-0.39, 0.29) is 5.82 Å². The summed E-state index contributed by atoms with van der Waals surface area (Å²) in [5, 5.41) is 2.98. The van der Waals surface area contributed by atoms with E-state index in [9.17, 15) is 4.39 Å². The molecular weight excluding hydrogens is 275 g/mol. The third-order valence-corrected chi connectivity index (χ3v) is 3.02. The fraction of sp³-hybridized carbons (Fsp3) is 0.545. The fourth-order valence-electron chi connectivity index (χ4n) is 1.77. The maximum atomic E-state index is 13.4. The molecule has 1 atom stereocenters. The maximum Gasteiger partial charge on any atom is 0.166 e. The molecule has 0 spiro atoms. The van der Waals surface area contributed by atoms with Gasteiger partial charge < -0.3 is 10.1 Å². The van der Waals surface area contributed by atoms with Gasteiger partial charge in [-0.05, 0) is 41.3 Å². The number of nitrogens with zero attached hydrogens (tertiary/aromatic N) is 1. The largest absolute Gasteiger partial charge is 0.378 e. The number of nitrogens with one attached hydrogen (secondary N) is 1. The predicted molar refractivity (Wildman–Crippen MR) is 64.0 cm³/mol. The first-order chi connectivity index (χ1) is 7.75. The molecule has 2 heterocycles. The van der Waals surface area contributed by atoms with E-state index in [2.05, 4.69) is 26.2 Å². The minimum atomic E-state index is -0.332. The Balaban J connectivity index is 1.80. The van der Waals surface area contributed by atoms with Crippen LogP contribution in [0.2, 0.25) is 0 Å². The highest BCUT2D eigenvalue weighted by molar-refractivity contribution is 9.10. The third kappa shape index (κ3) is 3.15. The molecular formula is C11H14BrFN2O. The molecule has 5 heteroatoms. The lowest BCUT2D eigenvalue weighted by atomic mass is 10.2. The molecule has 0 amide bonds. The van der Waals surface area contributed by atoms with Crippen LogP contribution in [0.15, 0.2) is 16.7 Å². The zero-order valence-corrected chi connectivity index (χ0v) is 10.5. The van der Waals surface area contributed by atoms with Gasteiger partial charge in [-0.2, -0.15) is 0 Å². The highest BCUT2D eigenvalue weighted by Gasteiger charge is 2.15. The first-order valence-corrected chi connectivity index (χ1v) is 6.21. The number of ether oxygens (including phenoxy) is 1. The van der Waals surface area contributed by atoms with Crippen molar-refractivity contribution in [3.05, 3.63) is 22.6 Å². The van der Waals surface area contributed by atoms with Gasteiger partial charge in [0.2, 0.25) is 0 Å². The Kier molecular flexibility index (Phi) is 4.12. The van der Waals surface area contributed by atoms with Crippen molar-refractivity contribution in [2.75, 3.05) is 18.5 Å². The summed E-state index contributed by atoms with van der Waals surface area (Å²) in [6.45, 7) is 1.55. The number of anilines is 1. The van der Waals surface area contributed by atoms with Gasteiger partial charge in [0.05, 0.1) is 6.10 Å². The minimum Gasteiger partial charge on any atom is -0.378 e. The van der Waals surface area contributed by atoms with E-state index in [0.717, 1.165) is 25.9 Å². The van der Waals surface area contributed by atoms with Gasteiger partial charge in [0.1, 0.15) is 0 Å². The van der Waals surface area contributed by atoms with Crippen LogP contribution in [0.25, 0.3) is 0 Å². The van der Waals surface area contributed by atoms with Crippen molar-refractivity contribution in [1.82, 2.24) is 4.98 Å². The summed E-state index contributed by atoms with van der Waals surface area (Å²) < 4.78 is 19.5. The molecule has 1 unspecified atom stereocenters. The first kappa shape index (κ1) is 11.8. The van der Waals surface area contributed by atoms with Crippen LogP contribution in [0.1, 0.15) is 19.3 Å². The summed E-state index contributed by atoms with van der Waals surface area (Å²) in [7, 11) is 0. The van der Waals surface area contributed by atoms with Crippen molar-refractivity contribution >= 4 is 21.7 Å². The average Bonchev–Trinajstić information content (AvgIpc) is 2.74. The van der Waals surface area contributed by atoms with E-state index >= 15 is 0 Å². The van der Waals surface area contributed by atoms with E-state index in [4.69, 9.17) is 4.74 Å². The summed E-state index contributed by atoms with van der Waals surface area (Å²) in [4.78, 5) is 3.97. The zero-order chi connectivity index (χ0) is 11.4. The normalized spacial score (nSPS) is 20.0. The van der Waals surface area contributed by atoms with Gasteiger partial charge in [-0.15, -0.1) is 0 Å². The Bertz CT molecular complexity index is 356. The van der Waals surface area contributed by atoms with Crippen molar-refractivity contribution in [2.45, 2.75) is 25.4 Å². The Morgan fingerprint density at radius 2 is 2.50 bits per heavy atom. The van der Waals surface area contributed by atoms with Gasteiger partial charge in [0, 0.05) is 23.8 Å². The highest BCUT2D eigenvalue weighted by atomic mass is 79.9. The van der Waals surface area contributed by atoms with Crippen LogP contribution in [0.4, 0.5) is 10.2 Å². The predicted octanol–water partition coefficient (Wildman–Crippen LogP) is 2.96. The molecule has 1 aliphatic heterocycles. The number of hydrogen-bond donors (Lipinski definition) is 1. The first-order valence-electron chi connectivity index (χ1n) is 5.42. The molecule has 0 saturated carbocycles. The summed E-state index contributed by atoms with van der Waals surface area (Å²) in [5.41, 5.74) is 0. The SMILES string of the molecule is Fc1cc(Br)cnc1NCCC1CCCO1. The van der Waals surface area contributed by atoms with Gasteiger partial charge in [-0.1, -0.05) is 0 Å². The number of rotatable bonds is 4. The van der Waals surface area contributed by atoms with Crippen LogP contribution in [0.5, 0.6) is 0 Å². The van der Waals surface area contributed by atoms with Gasteiger partial charge >= 0.3 is 0 Å². The van der Waals surface area contributed by atoms with Gasteiger partial charge in [0.25, 0.3) is 0 Å². The van der Waals surface area contributed by atoms with E-state index in [0.29, 0.717) is 22.9 Å². The molecule has 0 bridgehead atoms. The Morgan fingerprint density at radius 1 is 1.62 bits per heavy atom. The molecule has 1 aromatic heterocycles. The molecule has 88 valence electrons. The van der Waals surface area contributed by atoms with E-state index in [1.807, 2.05) is 0 Å². The maximum absolute atomic E-state index is 13.4. The lowest BCUT2D eigenvalue weighted by Gasteiger charge is -2.10. The molecule has 3 nitrogen and oxygen atoms in total. The molecule has 1 fully saturated rings. The lowest BCUT2D eigenvalue weighted by Crippen LogP contribution is -2.13. The van der Waals surface area contributed by atoms with Crippen molar-refractivity contribution in [3.63, 3.8) is 0 Å². The Morgan fingerprint density at radius 3 is 3.19 bits per heavy atom. The number of halogens is 2. The molecule has 0 aromatic carbocycles. The van der Waals surface area contributed by atoms with Gasteiger partial charge in [-0.25, -0.2) is 9.37 Å². The van der Waals surface area contributed by atoms with E-state index < -0.39 is 0 Å². The van der Waals surface area contributed by atoms with Gasteiger partial charge in [-0.3, -0.25) is 0 Å². The quantitative estimate of drug-likeness (QED) is 0.925. The monoisotopic (exact) mass is 288 g/mol. The number of pyridine rings is 1. The average molecular weight is 289 g/mol. The molecule has 1 N–H and O–H groups in total. The summed E-state index contributed by atoms with van der Waals surface area (Å²) in [6.07, 6.45) is 5.05. The molecule has 16 heavy (non-hydrogen) atoms. The Labute approximate surface area is 103 Å². The van der Waals surface area contributed by atoms with Gasteiger partial charge in [0.15, 0.2) is 11.6 Å². The van der Waals surface area contributed by atoms with Crippen molar-refractivity contribution in [2.24, 2.45) is 0 Å². The number of aromatic nitrogens is 1. The second-order valence-electron chi connectivity index (χ2n) is 3.83. The highest BCUT2D eigenvalue weighted by Crippen LogP contribution is 2.18. The van der Waals surface area contributed by atoms with E-state index in [1.165, 1.54) is 6.07 Å². The van der Waals surface area contributed by atoms with Crippen molar-refractivity contribution < 1.29 is 9.13 Å². The standard InChI is InChI=1S/C11H14BrFN2O/c12-8-6-10(13)11(15-7-8)14-4-3-9-2-1-5-16-9/h6-7,9H,1-5H2,(H,14,15). The second-order valence-corrected chi connectivity index (χ2v) is 4.75. The van der Waals surface area contributed by atoms with E-state index in [1.54, 1.807) is 6.20 Å².